The maximum absolute atomic E-state index is 15.1. The lowest BCUT2D eigenvalue weighted by Gasteiger charge is -2.44. The van der Waals surface area contributed by atoms with E-state index in [-0.39, 0.29) is 86.0 Å². The Morgan fingerprint density at radius 2 is 1.87 bits per heavy atom. The number of thioether (sulfide) groups is 1. The van der Waals surface area contributed by atoms with Crippen LogP contribution >= 0.6 is 23.1 Å². The van der Waals surface area contributed by atoms with Gasteiger partial charge in [0.1, 0.15) is 5.82 Å². The summed E-state index contributed by atoms with van der Waals surface area (Å²) in [7, 11) is -3.40. The van der Waals surface area contributed by atoms with Gasteiger partial charge in [-0.1, -0.05) is 6.58 Å². The van der Waals surface area contributed by atoms with Crippen molar-refractivity contribution >= 4 is 67.7 Å². The number of carbonyl (C=O) groups excluding carboxylic acids is 2. The Kier molecular flexibility index (Phi) is 7.67. The van der Waals surface area contributed by atoms with Gasteiger partial charge in [-0.05, 0) is 26.0 Å². The lowest BCUT2D eigenvalue weighted by molar-refractivity contribution is -0.137. The Bertz CT molecular complexity index is 2000. The smallest absolute Gasteiger partial charge is 0.366 e. The van der Waals surface area contributed by atoms with Gasteiger partial charge in [0.25, 0.3) is 5.91 Å². The Morgan fingerprint density at radius 3 is 2.41 bits per heavy atom. The summed E-state index contributed by atoms with van der Waals surface area (Å²) in [6.07, 6.45) is -2.91. The number of nitrogens with one attached hydrogen (secondary N) is 1. The normalized spacial score (nSPS) is 21.9. The Morgan fingerprint density at radius 1 is 1.22 bits per heavy atom. The highest BCUT2D eigenvalue weighted by Crippen LogP contribution is 2.52. The number of sulfone groups is 1. The number of alkyl halides is 3. The van der Waals surface area contributed by atoms with Crippen LogP contribution in [0.15, 0.2) is 33.8 Å². The van der Waals surface area contributed by atoms with Gasteiger partial charge in [0.2, 0.25) is 5.91 Å². The fourth-order valence-corrected chi connectivity index (χ4v) is 11.8. The highest BCUT2D eigenvalue weighted by atomic mass is 32.2. The van der Waals surface area contributed by atoms with Crippen molar-refractivity contribution in [3.8, 4) is 11.1 Å². The van der Waals surface area contributed by atoms with Crippen molar-refractivity contribution in [3.05, 3.63) is 50.6 Å². The summed E-state index contributed by atoms with van der Waals surface area (Å²) >= 11 is 1.90. The van der Waals surface area contributed by atoms with E-state index in [2.05, 4.69) is 11.6 Å². The van der Waals surface area contributed by atoms with E-state index in [1.165, 1.54) is 16.0 Å². The van der Waals surface area contributed by atoms with Gasteiger partial charge in [-0.25, -0.2) is 13.2 Å². The zero-order valence-corrected chi connectivity index (χ0v) is 27.1. The van der Waals surface area contributed by atoms with Crippen LogP contribution in [-0.2, 0) is 27.4 Å². The van der Waals surface area contributed by atoms with Crippen molar-refractivity contribution in [2.24, 2.45) is 11.1 Å². The molecule has 2 fully saturated rings. The summed E-state index contributed by atoms with van der Waals surface area (Å²) in [6.45, 7) is 7.38. The molecular weight excluding hydrogens is 666 g/mol. The molecule has 0 unspecified atom stereocenters. The summed E-state index contributed by atoms with van der Waals surface area (Å²) in [5.41, 5.74) is 2.27. The number of amides is 2. The molecule has 0 radical (unpaired) electrons. The monoisotopic (exact) mass is 694 g/mol. The Labute approximate surface area is 269 Å². The molecule has 1 spiro atoms. The zero-order chi connectivity index (χ0) is 33.5. The number of aromatic nitrogens is 2. The van der Waals surface area contributed by atoms with Crippen molar-refractivity contribution < 1.29 is 31.2 Å². The number of thiophene rings is 1. The van der Waals surface area contributed by atoms with Crippen LogP contribution in [0.5, 0.6) is 0 Å². The summed E-state index contributed by atoms with van der Waals surface area (Å²) in [6, 6.07) is 0.128. The number of carbonyl (C=O) groups is 2. The van der Waals surface area contributed by atoms with E-state index in [0.717, 1.165) is 35.4 Å². The van der Waals surface area contributed by atoms with Gasteiger partial charge in [-0.15, -0.1) is 23.1 Å². The molecular formula is C29H29F3N6O5S3. The van der Waals surface area contributed by atoms with Crippen molar-refractivity contribution in [1.82, 2.24) is 14.5 Å². The average molecular weight is 695 g/mol. The van der Waals surface area contributed by atoms with E-state index in [0.29, 0.717) is 0 Å². The van der Waals surface area contributed by atoms with E-state index in [1.54, 1.807) is 23.6 Å². The topological polar surface area (TPSA) is 160 Å². The largest absolute Gasteiger partial charge is 0.417 e. The van der Waals surface area contributed by atoms with Crippen molar-refractivity contribution in [2.75, 3.05) is 35.2 Å². The van der Waals surface area contributed by atoms with E-state index in [1.807, 2.05) is 0 Å². The second-order valence-corrected chi connectivity index (χ2v) is 16.1. The number of anilines is 1. The van der Waals surface area contributed by atoms with Crippen LogP contribution in [-0.4, -0.2) is 83.3 Å². The molecule has 3 aliphatic heterocycles. The first kappa shape index (κ1) is 32.2. The molecule has 3 N–H and O–H groups in total. The number of rotatable bonds is 5. The number of primary amides is 1. The highest BCUT2D eigenvalue weighted by molar-refractivity contribution is 8.00. The number of hydrogen-bond donors (Lipinski definition) is 2. The second-order valence-electron chi connectivity index (χ2n) is 12.1. The predicted octanol–water partition coefficient (Wildman–Crippen LogP) is 3.37. The number of hydrogen-bond acceptors (Lipinski definition) is 10. The number of halogens is 3. The van der Waals surface area contributed by atoms with E-state index in [4.69, 9.17) is 11.1 Å². The minimum Gasteiger partial charge on any atom is -0.366 e. The Hall–Kier alpha value is -3.70. The van der Waals surface area contributed by atoms with Crippen molar-refractivity contribution in [1.29, 1.82) is 5.41 Å². The fraction of sp³-hybridized carbons (Fsp3) is 0.414. The maximum Gasteiger partial charge on any atom is 0.417 e. The second kappa shape index (κ2) is 10.9. The molecule has 1 aromatic carbocycles. The number of piperazine rings is 1. The third kappa shape index (κ3) is 5.12. The molecule has 0 saturated carbocycles. The van der Waals surface area contributed by atoms with Crippen LogP contribution in [0.2, 0.25) is 0 Å². The quantitative estimate of drug-likeness (QED) is 0.304. The molecule has 2 aromatic heterocycles. The van der Waals surface area contributed by atoms with Gasteiger partial charge in [0, 0.05) is 75.9 Å². The predicted molar refractivity (Wildman–Crippen MR) is 171 cm³/mol. The maximum atomic E-state index is 15.1. The molecule has 3 aliphatic rings. The molecule has 11 nitrogen and oxygen atoms in total. The minimum atomic E-state index is -4.94. The number of nitrogens with zero attached hydrogens (tertiary/aromatic N) is 4. The van der Waals surface area contributed by atoms with E-state index < -0.39 is 50.7 Å². The first-order valence-electron chi connectivity index (χ1n) is 14.1. The zero-order valence-electron chi connectivity index (χ0n) is 24.7. The van der Waals surface area contributed by atoms with Crippen molar-refractivity contribution in [3.63, 3.8) is 0 Å². The van der Waals surface area contributed by atoms with Gasteiger partial charge < -0.3 is 20.9 Å². The molecule has 2 saturated heterocycles. The third-order valence-electron chi connectivity index (χ3n) is 8.69. The van der Waals surface area contributed by atoms with Gasteiger partial charge in [-0.2, -0.15) is 18.2 Å². The van der Waals surface area contributed by atoms with Crippen LogP contribution in [0, 0.1) is 10.8 Å². The molecule has 244 valence electrons. The van der Waals surface area contributed by atoms with Crippen LogP contribution in [0.1, 0.15) is 34.6 Å². The molecule has 2 amide bonds. The van der Waals surface area contributed by atoms with Gasteiger partial charge in [0.15, 0.2) is 9.84 Å². The first-order valence-corrected chi connectivity index (χ1v) is 17.8. The number of nitrogens with two attached hydrogens (primary N) is 1. The first-order chi connectivity index (χ1) is 21.5. The van der Waals surface area contributed by atoms with Gasteiger partial charge in [0.05, 0.1) is 33.0 Å². The number of benzene rings is 1. The summed E-state index contributed by atoms with van der Waals surface area (Å²) in [5, 5.41) is 9.09. The lowest BCUT2D eigenvalue weighted by Crippen LogP contribution is -2.59. The van der Waals surface area contributed by atoms with E-state index >= 15 is 13.2 Å². The molecule has 3 aromatic rings. The van der Waals surface area contributed by atoms with Gasteiger partial charge in [-0.3, -0.25) is 14.2 Å². The summed E-state index contributed by atoms with van der Waals surface area (Å²) in [4.78, 5) is 46.7. The Balaban J connectivity index is 1.68. The SMILES string of the molecule is C=CC(=O)N1[C@H](C)CN(c2nc(=O)n3c4c(c(-c5csc(C=N)c5C(N)=O)c(C(F)(F)F)cc24)SCC2(C3)CS(=O)(=O)C2)C[C@@H]1C. The molecule has 2 atom stereocenters. The van der Waals surface area contributed by atoms with Crippen molar-refractivity contribution in [2.45, 2.75) is 43.5 Å². The fourth-order valence-electron chi connectivity index (χ4n) is 7.04. The summed E-state index contributed by atoms with van der Waals surface area (Å²) in [5.74, 6) is -1.69. The van der Waals surface area contributed by atoms with Crippen LogP contribution < -0.4 is 16.3 Å². The summed E-state index contributed by atoms with van der Waals surface area (Å²) < 4.78 is 71.3. The van der Waals surface area contributed by atoms with E-state index in [9.17, 15) is 22.8 Å². The van der Waals surface area contributed by atoms with Crippen LogP contribution in [0.4, 0.5) is 19.0 Å². The third-order valence-corrected chi connectivity index (χ3v) is 13.2. The standard InChI is InChI=1S/C29H29F3N6O5S3/c1-4-20(39)38-14(2)7-36(8-15(38)3)26-16-5-18(29(30,31)32)21(17-9-44-19(6-33)22(17)25(34)40)24-23(16)37(27(41)35-26)10-28(11-45-24)12-46(42,43)13-28/h4-6,9,14-15,33H,1,7-8,10-13H2,2-3H3,(H2,34,40)/t14-,15+. The van der Waals surface area contributed by atoms with Crippen LogP contribution in [0.25, 0.3) is 22.0 Å². The van der Waals surface area contributed by atoms with Gasteiger partial charge >= 0.3 is 11.9 Å². The molecule has 46 heavy (non-hydrogen) atoms. The molecule has 0 bridgehead atoms. The minimum absolute atomic E-state index is 0.0114. The highest BCUT2D eigenvalue weighted by Gasteiger charge is 2.51. The molecule has 6 rings (SSSR count). The average Bonchev–Trinajstić information content (AvgIpc) is 3.30. The molecule has 5 heterocycles. The lowest BCUT2D eigenvalue weighted by atomic mass is 9.93. The molecule has 0 aliphatic carbocycles. The molecule has 17 heteroatoms. The van der Waals surface area contributed by atoms with Crippen LogP contribution in [0.3, 0.4) is 0 Å².